The Kier molecular flexibility index (Phi) is 3.02. The Labute approximate surface area is 95.6 Å². The van der Waals surface area contributed by atoms with Crippen LogP contribution in [0.25, 0.3) is 0 Å². The van der Waals surface area contributed by atoms with E-state index in [4.69, 9.17) is 0 Å². The van der Waals surface area contributed by atoms with E-state index < -0.39 is 0 Å². The highest BCUT2D eigenvalue weighted by molar-refractivity contribution is 9.10. The second-order valence-corrected chi connectivity index (χ2v) is 5.49. The first kappa shape index (κ1) is 10.3. The fraction of sp³-hybridized carbons (Fsp3) is 0.400. The van der Waals surface area contributed by atoms with Crippen molar-refractivity contribution < 1.29 is 4.39 Å². The maximum atomic E-state index is 13.2. The number of nitrogens with one attached hydrogen (secondary N) is 1. The van der Waals surface area contributed by atoms with Gasteiger partial charge in [-0.1, -0.05) is 6.92 Å². The highest BCUT2D eigenvalue weighted by atomic mass is 79.9. The van der Waals surface area contributed by atoms with Gasteiger partial charge in [-0.25, -0.2) is 4.39 Å². The van der Waals surface area contributed by atoms with Gasteiger partial charge in [-0.2, -0.15) is 0 Å². The third kappa shape index (κ3) is 1.91. The fourth-order valence-corrected chi connectivity index (χ4v) is 3.07. The first-order valence-electron chi connectivity index (χ1n) is 4.60. The van der Waals surface area contributed by atoms with E-state index >= 15 is 0 Å². The van der Waals surface area contributed by atoms with Crippen molar-refractivity contribution in [3.05, 3.63) is 22.4 Å². The predicted molar refractivity (Wildman–Crippen MR) is 62.5 cm³/mol. The number of thioether (sulfide) groups is 1. The normalized spacial score (nSPS) is 20.1. The van der Waals surface area contributed by atoms with E-state index in [-0.39, 0.29) is 5.82 Å². The second-order valence-electron chi connectivity index (χ2n) is 3.29. The van der Waals surface area contributed by atoms with Crippen LogP contribution < -0.4 is 5.32 Å². The summed E-state index contributed by atoms with van der Waals surface area (Å²) in [6.45, 7) is 3.10. The van der Waals surface area contributed by atoms with E-state index in [1.165, 1.54) is 0 Å². The van der Waals surface area contributed by atoms with Crippen LogP contribution in [-0.2, 0) is 0 Å². The second kappa shape index (κ2) is 4.11. The van der Waals surface area contributed by atoms with E-state index in [9.17, 15) is 4.39 Å². The summed E-state index contributed by atoms with van der Waals surface area (Å²) in [5, 5.41) is 3.85. The molecule has 1 N–H and O–H groups in total. The van der Waals surface area contributed by atoms with Gasteiger partial charge >= 0.3 is 0 Å². The quantitative estimate of drug-likeness (QED) is 0.835. The molecule has 0 spiro atoms. The Morgan fingerprint density at radius 3 is 3.14 bits per heavy atom. The number of fused-ring (bicyclic) bond motifs is 1. The van der Waals surface area contributed by atoms with Crippen molar-refractivity contribution >= 4 is 33.4 Å². The first-order chi connectivity index (χ1) is 6.70. The summed E-state index contributed by atoms with van der Waals surface area (Å²) in [6, 6.07) is 3.41. The standard InChI is InChI=1S/C10H11BrFNS/c1-2-6-5-13-9-4-8(12)7(11)3-10(9)14-6/h3-4,6,13H,2,5H2,1H3. The van der Waals surface area contributed by atoms with Crippen molar-refractivity contribution in [2.45, 2.75) is 23.5 Å². The maximum absolute atomic E-state index is 13.2. The highest BCUT2D eigenvalue weighted by Crippen LogP contribution is 2.38. The molecule has 0 fully saturated rings. The summed E-state index contributed by atoms with van der Waals surface area (Å²) in [5.74, 6) is -0.202. The van der Waals surface area contributed by atoms with Crippen molar-refractivity contribution in [3.8, 4) is 0 Å². The van der Waals surface area contributed by atoms with Crippen LogP contribution in [0.3, 0.4) is 0 Å². The predicted octanol–water partition coefficient (Wildman–Crippen LogP) is 3.88. The zero-order chi connectivity index (χ0) is 10.1. The van der Waals surface area contributed by atoms with Crippen molar-refractivity contribution in [2.75, 3.05) is 11.9 Å². The van der Waals surface area contributed by atoms with Gasteiger partial charge in [0, 0.05) is 16.7 Å². The van der Waals surface area contributed by atoms with Crippen molar-refractivity contribution in [2.24, 2.45) is 0 Å². The third-order valence-corrected chi connectivity index (χ3v) is 4.32. The topological polar surface area (TPSA) is 12.0 Å². The van der Waals surface area contributed by atoms with Gasteiger partial charge in [0.2, 0.25) is 0 Å². The van der Waals surface area contributed by atoms with Crippen molar-refractivity contribution in [1.29, 1.82) is 0 Å². The maximum Gasteiger partial charge on any atom is 0.139 e. The molecule has 4 heteroatoms. The molecule has 0 aliphatic carbocycles. The van der Waals surface area contributed by atoms with Gasteiger partial charge in [0.25, 0.3) is 0 Å². The van der Waals surface area contributed by atoms with Crippen LogP contribution in [-0.4, -0.2) is 11.8 Å². The zero-order valence-corrected chi connectivity index (χ0v) is 10.2. The molecule has 1 nitrogen and oxygen atoms in total. The van der Waals surface area contributed by atoms with Gasteiger partial charge in [-0.15, -0.1) is 11.8 Å². The molecule has 1 heterocycles. The summed E-state index contributed by atoms with van der Waals surface area (Å²) in [4.78, 5) is 1.14. The molecule has 0 saturated heterocycles. The smallest absolute Gasteiger partial charge is 0.139 e. The molecule has 1 unspecified atom stereocenters. The molecular formula is C10H11BrFNS. The van der Waals surface area contributed by atoms with Crippen LogP contribution in [0, 0.1) is 5.82 Å². The Hall–Kier alpha value is -0.220. The Morgan fingerprint density at radius 1 is 1.64 bits per heavy atom. The fourth-order valence-electron chi connectivity index (χ4n) is 1.44. The van der Waals surface area contributed by atoms with Crippen LogP contribution >= 0.6 is 27.7 Å². The van der Waals surface area contributed by atoms with E-state index in [0.29, 0.717) is 9.72 Å². The molecule has 0 amide bonds. The van der Waals surface area contributed by atoms with E-state index in [2.05, 4.69) is 28.2 Å². The molecule has 0 radical (unpaired) electrons. The number of rotatable bonds is 1. The van der Waals surface area contributed by atoms with Gasteiger partial charge in [0.15, 0.2) is 0 Å². The zero-order valence-electron chi connectivity index (χ0n) is 7.81. The molecule has 76 valence electrons. The lowest BCUT2D eigenvalue weighted by Gasteiger charge is -2.24. The van der Waals surface area contributed by atoms with Crippen LogP contribution in [0.5, 0.6) is 0 Å². The van der Waals surface area contributed by atoms with Gasteiger partial charge in [-0.05, 0) is 34.5 Å². The number of hydrogen-bond acceptors (Lipinski definition) is 2. The first-order valence-corrected chi connectivity index (χ1v) is 6.27. The molecule has 2 rings (SSSR count). The van der Waals surface area contributed by atoms with Crippen molar-refractivity contribution in [1.82, 2.24) is 0 Å². The summed E-state index contributed by atoms with van der Waals surface area (Å²) in [7, 11) is 0. The SMILES string of the molecule is CCC1CNc2cc(F)c(Br)cc2S1. The lowest BCUT2D eigenvalue weighted by atomic mass is 10.2. The number of hydrogen-bond donors (Lipinski definition) is 1. The molecule has 0 bridgehead atoms. The van der Waals surface area contributed by atoms with Crippen LogP contribution in [0.1, 0.15) is 13.3 Å². The average molecular weight is 276 g/mol. The van der Waals surface area contributed by atoms with Gasteiger partial charge in [0.05, 0.1) is 10.2 Å². The van der Waals surface area contributed by atoms with E-state index in [0.717, 1.165) is 23.5 Å². The summed E-state index contributed by atoms with van der Waals surface area (Å²) < 4.78 is 13.7. The molecule has 0 saturated carbocycles. The van der Waals surface area contributed by atoms with Crippen LogP contribution in [0.15, 0.2) is 21.5 Å². The lowest BCUT2D eigenvalue weighted by Crippen LogP contribution is -2.20. The van der Waals surface area contributed by atoms with Crippen molar-refractivity contribution in [3.63, 3.8) is 0 Å². The molecule has 1 aromatic rings. The molecular weight excluding hydrogens is 265 g/mol. The highest BCUT2D eigenvalue weighted by Gasteiger charge is 2.18. The molecule has 0 aromatic heterocycles. The minimum absolute atomic E-state index is 0.202. The van der Waals surface area contributed by atoms with Crippen LogP contribution in [0.4, 0.5) is 10.1 Å². The van der Waals surface area contributed by atoms with Crippen LogP contribution in [0.2, 0.25) is 0 Å². The van der Waals surface area contributed by atoms with Gasteiger partial charge in [-0.3, -0.25) is 0 Å². The van der Waals surface area contributed by atoms with E-state index in [1.807, 2.05) is 17.8 Å². The molecule has 1 atom stereocenters. The summed E-state index contributed by atoms with van der Waals surface area (Å²) >= 11 is 5.02. The number of halogens is 2. The Morgan fingerprint density at radius 2 is 2.43 bits per heavy atom. The monoisotopic (exact) mass is 275 g/mol. The largest absolute Gasteiger partial charge is 0.383 e. The minimum Gasteiger partial charge on any atom is -0.383 e. The Bertz CT molecular complexity index is 356. The number of benzene rings is 1. The minimum atomic E-state index is -0.202. The summed E-state index contributed by atoms with van der Waals surface area (Å²) in [5.41, 5.74) is 0.917. The Balaban J connectivity index is 2.33. The van der Waals surface area contributed by atoms with Gasteiger partial charge in [0.1, 0.15) is 5.82 Å². The molecule has 1 aliphatic heterocycles. The summed E-state index contributed by atoms with van der Waals surface area (Å²) in [6.07, 6.45) is 1.13. The molecule has 1 aromatic carbocycles. The molecule has 1 aliphatic rings. The third-order valence-electron chi connectivity index (χ3n) is 2.29. The lowest BCUT2D eigenvalue weighted by molar-refractivity contribution is 0.619. The molecule has 14 heavy (non-hydrogen) atoms. The average Bonchev–Trinajstić information content (AvgIpc) is 2.19. The number of anilines is 1. The van der Waals surface area contributed by atoms with Gasteiger partial charge < -0.3 is 5.32 Å². The van der Waals surface area contributed by atoms with E-state index in [1.54, 1.807) is 6.07 Å².